The van der Waals surface area contributed by atoms with E-state index in [9.17, 15) is 14.4 Å². The summed E-state index contributed by atoms with van der Waals surface area (Å²) in [6, 6.07) is -0.846. The molecule has 1 saturated heterocycles. The van der Waals surface area contributed by atoms with Crippen molar-refractivity contribution < 1.29 is 23.9 Å². The van der Waals surface area contributed by atoms with Crippen LogP contribution in [0.2, 0.25) is 0 Å². The summed E-state index contributed by atoms with van der Waals surface area (Å²) in [6.45, 7) is 12.7. The van der Waals surface area contributed by atoms with Crippen LogP contribution in [0.1, 0.15) is 60.8 Å². The molecule has 0 aromatic carbocycles. The van der Waals surface area contributed by atoms with Crippen molar-refractivity contribution in [2.45, 2.75) is 78.5 Å². The molecule has 2 amide bonds. The Hall–Kier alpha value is -1.83. The number of methoxy groups -OCH3 is 1. The number of nitrogens with one attached hydrogen (secondary N) is 3. The van der Waals surface area contributed by atoms with E-state index in [-0.39, 0.29) is 23.3 Å². The number of carbonyl (C=O) groups is 3. The maximum Gasteiger partial charge on any atom is 0.407 e. The van der Waals surface area contributed by atoms with Gasteiger partial charge in [0.25, 0.3) is 0 Å². The molecular weight excluding hydrogens is 362 g/mol. The van der Waals surface area contributed by atoms with E-state index in [4.69, 9.17) is 9.47 Å². The first kappa shape index (κ1) is 24.2. The molecule has 0 bridgehead atoms. The fourth-order valence-corrected chi connectivity index (χ4v) is 3.23. The third kappa shape index (κ3) is 9.39. The molecule has 3 atom stereocenters. The molecule has 1 rings (SSSR count). The number of alkyl carbamates (subject to hydrolysis) is 1. The van der Waals surface area contributed by atoms with E-state index < -0.39 is 23.7 Å². The molecule has 0 aromatic rings. The van der Waals surface area contributed by atoms with Gasteiger partial charge in [0.1, 0.15) is 11.6 Å². The third-order valence-electron chi connectivity index (χ3n) is 4.36. The molecule has 2 unspecified atom stereocenters. The van der Waals surface area contributed by atoms with E-state index in [1.54, 1.807) is 0 Å². The highest BCUT2D eigenvalue weighted by Gasteiger charge is 2.32. The van der Waals surface area contributed by atoms with Gasteiger partial charge in [0.2, 0.25) is 5.91 Å². The number of rotatable bonds is 8. The van der Waals surface area contributed by atoms with Crippen molar-refractivity contribution >= 4 is 18.0 Å². The largest absolute Gasteiger partial charge is 0.468 e. The number of ether oxygens (including phenoxy) is 2. The molecule has 8 heteroatoms. The molecule has 8 nitrogen and oxygen atoms in total. The number of carbonyl (C=O) groups excluding carboxylic acids is 3. The maximum atomic E-state index is 12.2. The minimum absolute atomic E-state index is 0.0335. The monoisotopic (exact) mass is 399 g/mol. The zero-order chi connectivity index (χ0) is 21.5. The van der Waals surface area contributed by atoms with Crippen LogP contribution in [0.3, 0.4) is 0 Å². The van der Waals surface area contributed by atoms with Crippen LogP contribution >= 0.6 is 0 Å². The third-order valence-corrected chi connectivity index (χ3v) is 4.36. The first-order valence-corrected chi connectivity index (χ1v) is 9.89. The van der Waals surface area contributed by atoms with Crippen molar-refractivity contribution in [2.75, 3.05) is 20.2 Å². The first-order chi connectivity index (χ1) is 12.8. The minimum atomic E-state index is -0.609. The molecule has 0 aromatic heterocycles. The van der Waals surface area contributed by atoms with Crippen LogP contribution in [0, 0.1) is 11.3 Å². The standard InChI is InChI=1S/C20H37N3O5/c1-19(2,3)11-14(23-18(26)28-20(4,5)6)12-22-15(17(25)27-7)10-13-8-9-21-16(13)24/h13-15,22H,8-12H2,1-7H3,(H,21,24)(H,23,26)/t13-,14?,15?/m0/s1. The summed E-state index contributed by atoms with van der Waals surface area (Å²) >= 11 is 0. The van der Waals surface area contributed by atoms with Gasteiger partial charge in [0, 0.05) is 25.0 Å². The lowest BCUT2D eigenvalue weighted by atomic mass is 9.88. The molecule has 0 saturated carbocycles. The predicted octanol–water partition coefficient (Wildman–Crippen LogP) is 1.97. The first-order valence-electron chi connectivity index (χ1n) is 9.89. The van der Waals surface area contributed by atoms with Gasteiger partial charge in [-0.1, -0.05) is 20.8 Å². The summed E-state index contributed by atoms with van der Waals surface area (Å²) in [6.07, 6.45) is 1.27. The second kappa shape index (κ2) is 10.1. The summed E-state index contributed by atoms with van der Waals surface area (Å²) in [5.74, 6) is -0.656. The SMILES string of the molecule is COC(=O)C(C[C@@H]1CCNC1=O)NCC(CC(C)(C)C)NC(=O)OC(C)(C)C. The quantitative estimate of drug-likeness (QED) is 0.539. The highest BCUT2D eigenvalue weighted by atomic mass is 16.6. The molecule has 1 aliphatic rings. The minimum Gasteiger partial charge on any atom is -0.468 e. The Labute approximate surface area is 168 Å². The molecule has 3 N–H and O–H groups in total. The van der Waals surface area contributed by atoms with Gasteiger partial charge in [-0.3, -0.25) is 9.59 Å². The van der Waals surface area contributed by atoms with E-state index in [2.05, 4.69) is 36.7 Å². The van der Waals surface area contributed by atoms with Crippen LogP contribution in [0.4, 0.5) is 4.79 Å². The Bertz CT molecular complexity index is 551. The summed E-state index contributed by atoms with van der Waals surface area (Å²) in [5, 5.41) is 8.86. The highest BCUT2D eigenvalue weighted by molar-refractivity contribution is 5.82. The Balaban J connectivity index is 2.75. The Morgan fingerprint density at radius 3 is 2.32 bits per heavy atom. The van der Waals surface area contributed by atoms with Gasteiger partial charge in [0.05, 0.1) is 7.11 Å². The van der Waals surface area contributed by atoms with Gasteiger partial charge in [-0.05, 0) is 45.4 Å². The normalized spacial score (nSPS) is 19.5. The second-order valence-electron chi connectivity index (χ2n) is 9.60. The van der Waals surface area contributed by atoms with Crippen LogP contribution in [0.5, 0.6) is 0 Å². The number of esters is 1. The molecular formula is C20H37N3O5. The lowest BCUT2D eigenvalue weighted by Gasteiger charge is -2.30. The maximum absolute atomic E-state index is 12.2. The number of amides is 2. The van der Waals surface area contributed by atoms with E-state index in [0.29, 0.717) is 32.4 Å². The van der Waals surface area contributed by atoms with Crippen LogP contribution < -0.4 is 16.0 Å². The van der Waals surface area contributed by atoms with E-state index in [0.717, 1.165) is 0 Å². The molecule has 162 valence electrons. The molecule has 1 aliphatic heterocycles. The number of hydrogen-bond acceptors (Lipinski definition) is 6. The lowest BCUT2D eigenvalue weighted by Crippen LogP contribution is -2.50. The average Bonchev–Trinajstić information content (AvgIpc) is 2.91. The van der Waals surface area contributed by atoms with Gasteiger partial charge in [-0.15, -0.1) is 0 Å². The Morgan fingerprint density at radius 1 is 1.21 bits per heavy atom. The Morgan fingerprint density at radius 2 is 1.86 bits per heavy atom. The molecule has 1 heterocycles. The van der Waals surface area contributed by atoms with Crippen molar-refractivity contribution in [1.82, 2.24) is 16.0 Å². The fraction of sp³-hybridized carbons (Fsp3) is 0.850. The van der Waals surface area contributed by atoms with Gasteiger partial charge in [0.15, 0.2) is 0 Å². The summed E-state index contributed by atoms with van der Waals surface area (Å²) in [5.41, 5.74) is -0.623. The summed E-state index contributed by atoms with van der Waals surface area (Å²) in [4.78, 5) is 36.3. The second-order valence-corrected chi connectivity index (χ2v) is 9.60. The van der Waals surface area contributed by atoms with Crippen molar-refractivity contribution in [3.8, 4) is 0 Å². The molecule has 1 fully saturated rings. The molecule has 0 aliphatic carbocycles. The van der Waals surface area contributed by atoms with Crippen molar-refractivity contribution in [3.63, 3.8) is 0 Å². The zero-order valence-corrected chi connectivity index (χ0v) is 18.3. The van der Waals surface area contributed by atoms with E-state index >= 15 is 0 Å². The van der Waals surface area contributed by atoms with Crippen molar-refractivity contribution in [2.24, 2.45) is 11.3 Å². The van der Waals surface area contributed by atoms with Crippen LogP contribution in [0.25, 0.3) is 0 Å². The Kier molecular flexibility index (Phi) is 8.73. The van der Waals surface area contributed by atoms with Gasteiger partial charge < -0.3 is 25.4 Å². The summed E-state index contributed by atoms with van der Waals surface area (Å²) < 4.78 is 10.3. The van der Waals surface area contributed by atoms with Gasteiger partial charge >= 0.3 is 12.1 Å². The predicted molar refractivity (Wildman–Crippen MR) is 107 cm³/mol. The fourth-order valence-electron chi connectivity index (χ4n) is 3.23. The molecule has 0 spiro atoms. The van der Waals surface area contributed by atoms with Crippen molar-refractivity contribution in [3.05, 3.63) is 0 Å². The van der Waals surface area contributed by atoms with Crippen LogP contribution in [-0.4, -0.2) is 55.9 Å². The molecule has 0 radical (unpaired) electrons. The number of hydrogen-bond donors (Lipinski definition) is 3. The zero-order valence-electron chi connectivity index (χ0n) is 18.3. The van der Waals surface area contributed by atoms with Gasteiger partial charge in [-0.2, -0.15) is 0 Å². The van der Waals surface area contributed by atoms with Crippen molar-refractivity contribution in [1.29, 1.82) is 0 Å². The molecule has 28 heavy (non-hydrogen) atoms. The van der Waals surface area contributed by atoms with E-state index in [1.165, 1.54) is 7.11 Å². The topological polar surface area (TPSA) is 106 Å². The lowest BCUT2D eigenvalue weighted by molar-refractivity contribution is -0.143. The van der Waals surface area contributed by atoms with Crippen LogP contribution in [0.15, 0.2) is 0 Å². The summed E-state index contributed by atoms with van der Waals surface area (Å²) in [7, 11) is 1.33. The highest BCUT2D eigenvalue weighted by Crippen LogP contribution is 2.22. The van der Waals surface area contributed by atoms with Crippen LogP contribution in [-0.2, 0) is 19.1 Å². The van der Waals surface area contributed by atoms with E-state index in [1.807, 2.05) is 20.8 Å². The smallest absolute Gasteiger partial charge is 0.407 e. The average molecular weight is 400 g/mol. The van der Waals surface area contributed by atoms with Gasteiger partial charge in [-0.25, -0.2) is 4.79 Å².